The van der Waals surface area contributed by atoms with E-state index in [9.17, 15) is 0 Å². The van der Waals surface area contributed by atoms with Crippen molar-refractivity contribution in [1.29, 1.82) is 0 Å². The Morgan fingerprint density at radius 3 is 2.58 bits per heavy atom. The highest BCUT2D eigenvalue weighted by molar-refractivity contribution is 9.10. The number of aryl methyl sites for hydroxylation is 2. The van der Waals surface area contributed by atoms with E-state index in [4.69, 9.17) is 5.73 Å². The second-order valence-corrected chi connectivity index (χ2v) is 5.75. The van der Waals surface area contributed by atoms with Crippen LogP contribution in [0.4, 0.5) is 11.4 Å². The third kappa shape index (κ3) is 3.74. The Morgan fingerprint density at radius 1 is 1.11 bits per heavy atom. The van der Waals surface area contributed by atoms with Crippen LogP contribution in [0.3, 0.4) is 0 Å². The summed E-state index contributed by atoms with van der Waals surface area (Å²) >= 11 is 3.49. The zero-order valence-corrected chi connectivity index (χ0v) is 12.9. The Balaban J connectivity index is 1.98. The maximum Gasteiger partial charge on any atom is 0.0576 e. The molecule has 0 spiro atoms. The van der Waals surface area contributed by atoms with Gasteiger partial charge in [-0.05, 0) is 61.2 Å². The van der Waals surface area contributed by atoms with Gasteiger partial charge in [0.25, 0.3) is 0 Å². The normalized spacial score (nSPS) is 10.5. The fourth-order valence-corrected chi connectivity index (χ4v) is 2.47. The molecular formula is C16H19BrN2. The van der Waals surface area contributed by atoms with Crippen molar-refractivity contribution in [1.82, 2.24) is 0 Å². The summed E-state index contributed by atoms with van der Waals surface area (Å²) in [5.41, 5.74) is 11.7. The van der Waals surface area contributed by atoms with Crippen molar-refractivity contribution < 1.29 is 0 Å². The summed E-state index contributed by atoms with van der Waals surface area (Å²) in [7, 11) is 0. The van der Waals surface area contributed by atoms with Gasteiger partial charge in [-0.15, -0.1) is 0 Å². The Labute approximate surface area is 123 Å². The average Bonchev–Trinajstić information content (AvgIpc) is 2.35. The molecule has 0 unspecified atom stereocenters. The van der Waals surface area contributed by atoms with E-state index in [1.165, 1.54) is 16.7 Å². The van der Waals surface area contributed by atoms with Crippen LogP contribution in [0.15, 0.2) is 40.9 Å². The molecule has 0 radical (unpaired) electrons. The molecule has 0 heterocycles. The summed E-state index contributed by atoms with van der Waals surface area (Å²) in [5.74, 6) is 0. The fraction of sp³-hybridized carbons (Fsp3) is 0.250. The van der Waals surface area contributed by atoms with Crippen LogP contribution in [-0.4, -0.2) is 6.54 Å². The van der Waals surface area contributed by atoms with Crippen molar-refractivity contribution in [3.63, 3.8) is 0 Å². The lowest BCUT2D eigenvalue weighted by molar-refractivity contribution is 1.02. The number of hydrogen-bond donors (Lipinski definition) is 2. The second-order valence-electron chi connectivity index (χ2n) is 4.83. The molecular weight excluding hydrogens is 300 g/mol. The van der Waals surface area contributed by atoms with Gasteiger partial charge < -0.3 is 11.1 Å². The van der Waals surface area contributed by atoms with Crippen molar-refractivity contribution in [3.8, 4) is 0 Å². The summed E-state index contributed by atoms with van der Waals surface area (Å²) in [6.07, 6.45) is 0.978. The predicted molar refractivity (Wildman–Crippen MR) is 86.7 cm³/mol. The second kappa shape index (κ2) is 6.11. The van der Waals surface area contributed by atoms with Crippen LogP contribution in [-0.2, 0) is 6.42 Å². The van der Waals surface area contributed by atoms with Gasteiger partial charge in [0.2, 0.25) is 0 Å². The zero-order valence-electron chi connectivity index (χ0n) is 11.3. The summed E-state index contributed by atoms with van der Waals surface area (Å²) in [5, 5.41) is 3.41. The molecule has 0 saturated heterocycles. The van der Waals surface area contributed by atoms with Crippen LogP contribution in [0.2, 0.25) is 0 Å². The lowest BCUT2D eigenvalue weighted by Gasteiger charge is -2.12. The number of anilines is 2. The van der Waals surface area contributed by atoms with Gasteiger partial charge in [0.05, 0.1) is 11.4 Å². The largest absolute Gasteiger partial charge is 0.397 e. The molecule has 2 nitrogen and oxygen atoms in total. The molecule has 0 aliphatic rings. The minimum atomic E-state index is 0.817. The number of halogens is 1. The molecule has 19 heavy (non-hydrogen) atoms. The van der Waals surface area contributed by atoms with Gasteiger partial charge in [0.1, 0.15) is 0 Å². The molecule has 2 aromatic rings. The maximum atomic E-state index is 6.02. The van der Waals surface area contributed by atoms with Crippen LogP contribution >= 0.6 is 15.9 Å². The monoisotopic (exact) mass is 318 g/mol. The third-order valence-corrected chi connectivity index (χ3v) is 3.78. The van der Waals surface area contributed by atoms with Crippen molar-refractivity contribution in [2.24, 2.45) is 0 Å². The number of nitrogen functional groups attached to an aromatic ring is 1. The molecule has 0 aliphatic carbocycles. The van der Waals surface area contributed by atoms with Crippen molar-refractivity contribution in [3.05, 3.63) is 57.6 Å². The van der Waals surface area contributed by atoms with Gasteiger partial charge in [-0.1, -0.05) is 28.1 Å². The first kappa shape index (κ1) is 13.9. The first-order valence-electron chi connectivity index (χ1n) is 6.41. The lowest BCUT2D eigenvalue weighted by Crippen LogP contribution is -2.07. The molecule has 0 aromatic heterocycles. The van der Waals surface area contributed by atoms with E-state index in [0.29, 0.717) is 0 Å². The molecule has 0 amide bonds. The highest BCUT2D eigenvalue weighted by Gasteiger charge is 2.02. The fourth-order valence-electron chi connectivity index (χ4n) is 2.03. The van der Waals surface area contributed by atoms with Crippen LogP contribution in [0.25, 0.3) is 0 Å². The number of nitrogens with one attached hydrogen (secondary N) is 1. The Morgan fingerprint density at radius 2 is 1.84 bits per heavy atom. The first-order chi connectivity index (χ1) is 9.06. The molecule has 0 bridgehead atoms. The lowest BCUT2D eigenvalue weighted by atomic mass is 10.1. The maximum absolute atomic E-state index is 6.02. The van der Waals surface area contributed by atoms with E-state index < -0.39 is 0 Å². The molecule has 2 rings (SSSR count). The van der Waals surface area contributed by atoms with E-state index in [-0.39, 0.29) is 0 Å². The summed E-state index contributed by atoms with van der Waals surface area (Å²) in [6.45, 7) is 5.06. The smallest absolute Gasteiger partial charge is 0.0576 e. The van der Waals surface area contributed by atoms with Crippen LogP contribution in [0, 0.1) is 13.8 Å². The zero-order chi connectivity index (χ0) is 13.8. The van der Waals surface area contributed by atoms with Gasteiger partial charge in [-0.3, -0.25) is 0 Å². The molecule has 0 atom stereocenters. The van der Waals surface area contributed by atoms with Crippen LogP contribution in [0.5, 0.6) is 0 Å². The number of benzene rings is 2. The predicted octanol–water partition coefficient (Wildman–Crippen LogP) is 4.30. The first-order valence-corrected chi connectivity index (χ1v) is 7.20. The Kier molecular flexibility index (Phi) is 4.48. The van der Waals surface area contributed by atoms with Gasteiger partial charge in [-0.25, -0.2) is 0 Å². The third-order valence-electron chi connectivity index (χ3n) is 3.28. The van der Waals surface area contributed by atoms with Gasteiger partial charge in [-0.2, -0.15) is 0 Å². The van der Waals surface area contributed by atoms with Crippen molar-refractivity contribution >= 4 is 27.3 Å². The summed E-state index contributed by atoms with van der Waals surface area (Å²) in [6, 6.07) is 12.5. The molecule has 3 heteroatoms. The molecule has 100 valence electrons. The highest BCUT2D eigenvalue weighted by Crippen LogP contribution is 2.23. The van der Waals surface area contributed by atoms with Gasteiger partial charge in [0, 0.05) is 11.0 Å². The van der Waals surface area contributed by atoms with E-state index in [2.05, 4.69) is 59.4 Å². The van der Waals surface area contributed by atoms with Gasteiger partial charge in [0.15, 0.2) is 0 Å². The minimum absolute atomic E-state index is 0.817. The molecule has 0 fully saturated rings. The molecule has 0 aliphatic heterocycles. The SMILES string of the molecule is Cc1cc(N)c(NCCc2cccc(Br)c2)cc1C. The standard InChI is InChI=1S/C16H19BrN2/c1-11-8-15(18)16(9-12(11)2)19-7-6-13-4-3-5-14(17)10-13/h3-5,8-10,19H,6-7,18H2,1-2H3. The summed E-state index contributed by atoms with van der Waals surface area (Å²) in [4.78, 5) is 0. The van der Waals surface area contributed by atoms with Crippen molar-refractivity contribution in [2.75, 3.05) is 17.6 Å². The average molecular weight is 319 g/mol. The van der Waals surface area contributed by atoms with E-state index >= 15 is 0 Å². The number of rotatable bonds is 4. The van der Waals surface area contributed by atoms with Crippen LogP contribution < -0.4 is 11.1 Å². The van der Waals surface area contributed by atoms with E-state index in [1.807, 2.05) is 12.1 Å². The van der Waals surface area contributed by atoms with E-state index in [1.54, 1.807) is 0 Å². The molecule has 3 N–H and O–H groups in total. The topological polar surface area (TPSA) is 38.0 Å². The Hall–Kier alpha value is -1.48. The van der Waals surface area contributed by atoms with Gasteiger partial charge >= 0.3 is 0 Å². The minimum Gasteiger partial charge on any atom is -0.397 e. The number of hydrogen-bond acceptors (Lipinski definition) is 2. The molecule has 0 saturated carbocycles. The Bertz CT molecular complexity index is 579. The van der Waals surface area contributed by atoms with E-state index in [0.717, 1.165) is 28.8 Å². The number of nitrogens with two attached hydrogens (primary N) is 1. The summed E-state index contributed by atoms with van der Waals surface area (Å²) < 4.78 is 1.12. The van der Waals surface area contributed by atoms with Crippen LogP contribution in [0.1, 0.15) is 16.7 Å². The quantitative estimate of drug-likeness (QED) is 0.825. The van der Waals surface area contributed by atoms with Crippen molar-refractivity contribution in [2.45, 2.75) is 20.3 Å². The highest BCUT2D eigenvalue weighted by atomic mass is 79.9. The molecule has 2 aromatic carbocycles.